The molecule has 3 nitrogen and oxygen atoms in total. The summed E-state index contributed by atoms with van der Waals surface area (Å²) in [5, 5.41) is 11.2. The lowest BCUT2D eigenvalue weighted by Gasteiger charge is -2.23. The minimum atomic E-state index is 0.235. The summed E-state index contributed by atoms with van der Waals surface area (Å²) in [5.41, 5.74) is 0. The minimum Gasteiger partial charge on any atom is -0.395 e. The van der Waals surface area contributed by atoms with Gasteiger partial charge in [-0.05, 0) is 23.8 Å². The third-order valence-electron chi connectivity index (χ3n) is 2.92. The second-order valence-corrected chi connectivity index (χ2v) is 5.30. The van der Waals surface area contributed by atoms with Gasteiger partial charge >= 0.3 is 0 Å². The van der Waals surface area contributed by atoms with Gasteiger partial charge in [-0.1, -0.05) is 6.07 Å². The van der Waals surface area contributed by atoms with Crippen LogP contribution in [0.3, 0.4) is 0 Å². The van der Waals surface area contributed by atoms with Crippen molar-refractivity contribution in [2.24, 2.45) is 5.92 Å². The maximum Gasteiger partial charge on any atom is 0.0558 e. The van der Waals surface area contributed by atoms with Crippen molar-refractivity contribution in [2.45, 2.75) is 13.0 Å². The van der Waals surface area contributed by atoms with E-state index >= 15 is 0 Å². The van der Waals surface area contributed by atoms with Crippen LogP contribution in [0, 0.1) is 5.92 Å². The number of aliphatic hydroxyl groups is 1. The molecule has 1 saturated heterocycles. The van der Waals surface area contributed by atoms with Crippen molar-refractivity contribution in [1.82, 2.24) is 4.90 Å². The highest BCUT2D eigenvalue weighted by Crippen LogP contribution is 2.17. The second-order valence-electron chi connectivity index (χ2n) is 4.27. The monoisotopic (exact) mass is 241 g/mol. The number of hydrogen-bond donors (Lipinski definition) is 1. The van der Waals surface area contributed by atoms with E-state index < -0.39 is 0 Å². The van der Waals surface area contributed by atoms with Crippen LogP contribution in [0.1, 0.15) is 11.3 Å². The number of hydrogen-bond acceptors (Lipinski definition) is 4. The van der Waals surface area contributed by atoms with Crippen molar-refractivity contribution in [1.29, 1.82) is 0 Å². The molecule has 0 amide bonds. The molecule has 0 radical (unpaired) electrons. The zero-order chi connectivity index (χ0) is 11.2. The van der Waals surface area contributed by atoms with Crippen LogP contribution in [-0.4, -0.2) is 42.9 Å². The zero-order valence-corrected chi connectivity index (χ0v) is 10.3. The Labute approximate surface area is 101 Å². The van der Waals surface area contributed by atoms with Crippen molar-refractivity contribution in [2.75, 3.05) is 32.9 Å². The molecule has 0 spiro atoms. The number of ether oxygens (including phenoxy) is 1. The van der Waals surface area contributed by atoms with Crippen LogP contribution in [0.25, 0.3) is 0 Å². The lowest BCUT2D eigenvalue weighted by molar-refractivity contribution is 0.148. The van der Waals surface area contributed by atoms with Gasteiger partial charge in [0.1, 0.15) is 0 Å². The molecule has 1 aliphatic rings. The number of aliphatic hydroxyl groups excluding tert-OH is 1. The van der Waals surface area contributed by atoms with Crippen molar-refractivity contribution in [3.05, 3.63) is 22.4 Å². The summed E-state index contributed by atoms with van der Waals surface area (Å²) in [6.45, 7) is 4.77. The van der Waals surface area contributed by atoms with Gasteiger partial charge in [0.05, 0.1) is 13.2 Å². The number of rotatable bonds is 6. The van der Waals surface area contributed by atoms with Crippen LogP contribution in [0.4, 0.5) is 0 Å². The Morgan fingerprint density at radius 3 is 3.12 bits per heavy atom. The average molecular weight is 241 g/mol. The van der Waals surface area contributed by atoms with Crippen molar-refractivity contribution in [3.63, 3.8) is 0 Å². The largest absolute Gasteiger partial charge is 0.395 e. The van der Waals surface area contributed by atoms with Crippen LogP contribution in [0.2, 0.25) is 0 Å². The van der Waals surface area contributed by atoms with E-state index in [1.54, 1.807) is 11.3 Å². The van der Waals surface area contributed by atoms with Gasteiger partial charge in [0.2, 0.25) is 0 Å². The maximum absolute atomic E-state index is 9.07. The molecule has 16 heavy (non-hydrogen) atoms. The molecule has 1 aliphatic heterocycles. The third-order valence-corrected chi connectivity index (χ3v) is 3.78. The Kier molecular flexibility index (Phi) is 4.78. The molecular weight excluding hydrogens is 222 g/mol. The molecule has 1 aromatic heterocycles. The summed E-state index contributed by atoms with van der Waals surface area (Å²) in [6, 6.07) is 4.23. The first-order chi connectivity index (χ1) is 7.88. The molecule has 0 saturated carbocycles. The normalized spacial score (nSPS) is 20.8. The van der Waals surface area contributed by atoms with Gasteiger partial charge in [-0.15, -0.1) is 11.3 Å². The molecule has 0 bridgehead atoms. The van der Waals surface area contributed by atoms with Crippen LogP contribution in [0.5, 0.6) is 0 Å². The smallest absolute Gasteiger partial charge is 0.0558 e. The third kappa shape index (κ3) is 3.56. The fraction of sp³-hybridized carbons (Fsp3) is 0.667. The van der Waals surface area contributed by atoms with Gasteiger partial charge in [-0.2, -0.15) is 0 Å². The highest BCUT2D eigenvalue weighted by molar-refractivity contribution is 7.09. The summed E-state index contributed by atoms with van der Waals surface area (Å²) in [7, 11) is 0. The van der Waals surface area contributed by atoms with E-state index in [-0.39, 0.29) is 6.61 Å². The van der Waals surface area contributed by atoms with E-state index in [0.717, 1.165) is 39.3 Å². The van der Waals surface area contributed by atoms with E-state index in [4.69, 9.17) is 9.84 Å². The Balaban J connectivity index is 1.83. The Hall–Kier alpha value is -0.420. The standard InChI is InChI=1S/C12H19NO2S/c14-5-4-13(8-11-3-6-15-10-11)9-12-2-1-7-16-12/h1-2,7,11,14H,3-6,8-10H2/t11-/m0/s1. The molecule has 4 heteroatoms. The van der Waals surface area contributed by atoms with E-state index in [9.17, 15) is 0 Å². The average Bonchev–Trinajstić information content (AvgIpc) is 2.91. The van der Waals surface area contributed by atoms with E-state index in [1.807, 2.05) is 0 Å². The van der Waals surface area contributed by atoms with Gasteiger partial charge in [0.15, 0.2) is 0 Å². The Morgan fingerprint density at radius 1 is 1.56 bits per heavy atom. The van der Waals surface area contributed by atoms with E-state index in [1.165, 1.54) is 4.88 Å². The second kappa shape index (κ2) is 6.35. The summed E-state index contributed by atoms with van der Waals surface area (Å²) >= 11 is 1.78. The first-order valence-corrected chi connectivity index (χ1v) is 6.70. The number of thiophene rings is 1. The summed E-state index contributed by atoms with van der Waals surface area (Å²) < 4.78 is 5.38. The molecule has 0 unspecified atom stereocenters. The molecule has 0 aromatic carbocycles. The van der Waals surface area contributed by atoms with E-state index in [0.29, 0.717) is 5.92 Å². The van der Waals surface area contributed by atoms with Crippen LogP contribution in [0.15, 0.2) is 17.5 Å². The van der Waals surface area contributed by atoms with Crippen molar-refractivity contribution < 1.29 is 9.84 Å². The topological polar surface area (TPSA) is 32.7 Å². The molecule has 90 valence electrons. The molecule has 1 atom stereocenters. The van der Waals surface area contributed by atoms with Crippen LogP contribution < -0.4 is 0 Å². The van der Waals surface area contributed by atoms with Gasteiger partial charge in [0, 0.05) is 31.1 Å². The molecule has 1 N–H and O–H groups in total. The van der Waals surface area contributed by atoms with Gasteiger partial charge in [0.25, 0.3) is 0 Å². The fourth-order valence-corrected chi connectivity index (χ4v) is 2.84. The van der Waals surface area contributed by atoms with Gasteiger partial charge < -0.3 is 9.84 Å². The summed E-state index contributed by atoms with van der Waals surface area (Å²) in [5.74, 6) is 0.645. The summed E-state index contributed by atoms with van der Waals surface area (Å²) in [6.07, 6.45) is 1.16. The quantitative estimate of drug-likeness (QED) is 0.821. The molecule has 1 aromatic rings. The highest BCUT2D eigenvalue weighted by atomic mass is 32.1. The highest BCUT2D eigenvalue weighted by Gasteiger charge is 2.19. The predicted octanol–water partition coefficient (Wildman–Crippen LogP) is 1.58. The zero-order valence-electron chi connectivity index (χ0n) is 9.47. The molecular formula is C12H19NO2S. The van der Waals surface area contributed by atoms with E-state index in [2.05, 4.69) is 22.4 Å². The van der Waals surface area contributed by atoms with Crippen LogP contribution in [-0.2, 0) is 11.3 Å². The Bertz CT molecular complexity index is 283. The first kappa shape index (κ1) is 12.0. The maximum atomic E-state index is 9.07. The molecule has 2 rings (SSSR count). The Morgan fingerprint density at radius 2 is 2.50 bits per heavy atom. The van der Waals surface area contributed by atoms with Gasteiger partial charge in [-0.25, -0.2) is 0 Å². The first-order valence-electron chi connectivity index (χ1n) is 5.82. The SMILES string of the molecule is OCCN(Cc1cccs1)C[C@@H]1CCOC1. The van der Waals surface area contributed by atoms with Crippen molar-refractivity contribution >= 4 is 11.3 Å². The fourth-order valence-electron chi connectivity index (χ4n) is 2.09. The van der Waals surface area contributed by atoms with Gasteiger partial charge in [-0.3, -0.25) is 4.90 Å². The molecule has 1 fully saturated rings. The van der Waals surface area contributed by atoms with Crippen molar-refractivity contribution in [3.8, 4) is 0 Å². The summed E-state index contributed by atoms with van der Waals surface area (Å²) in [4.78, 5) is 3.69. The molecule has 2 heterocycles. The van der Waals surface area contributed by atoms with Crippen LogP contribution >= 0.6 is 11.3 Å². The number of nitrogens with zero attached hydrogens (tertiary/aromatic N) is 1. The lowest BCUT2D eigenvalue weighted by atomic mass is 10.1. The minimum absolute atomic E-state index is 0.235. The molecule has 0 aliphatic carbocycles. The predicted molar refractivity (Wildman–Crippen MR) is 65.6 cm³/mol. The lowest BCUT2D eigenvalue weighted by Crippen LogP contribution is -2.31.